The molecule has 3 rings (SSSR count). The van der Waals surface area contributed by atoms with Gasteiger partial charge < -0.3 is 15.2 Å². The standard InChI is InChI=1S/C16H16FNO4S/c1-9-13-10(17)3-2-4-11(13)23-14(9)15(21)18-16(7-12(19)20)5-6-22-8-16/h2-4H,5-8H2,1H3,(H,18,21)(H,19,20). The maximum Gasteiger partial charge on any atom is 0.305 e. The Hall–Kier alpha value is -1.99. The Bertz CT molecular complexity index is 780. The first-order valence-electron chi connectivity index (χ1n) is 7.21. The molecule has 1 atom stereocenters. The van der Waals surface area contributed by atoms with E-state index in [4.69, 9.17) is 9.84 Å². The first kappa shape index (κ1) is 15.9. The molecule has 1 saturated heterocycles. The number of halogens is 1. The molecular weight excluding hydrogens is 321 g/mol. The molecule has 1 aliphatic rings. The van der Waals surface area contributed by atoms with Crippen LogP contribution in [0.1, 0.15) is 28.1 Å². The number of aliphatic carboxylic acids is 1. The van der Waals surface area contributed by atoms with Crippen LogP contribution in [-0.2, 0) is 9.53 Å². The summed E-state index contributed by atoms with van der Waals surface area (Å²) in [6, 6.07) is 4.73. The van der Waals surface area contributed by atoms with Crippen LogP contribution < -0.4 is 5.32 Å². The highest BCUT2D eigenvalue weighted by Gasteiger charge is 2.39. The van der Waals surface area contributed by atoms with Gasteiger partial charge in [0.05, 0.1) is 23.4 Å². The highest BCUT2D eigenvalue weighted by molar-refractivity contribution is 7.21. The van der Waals surface area contributed by atoms with E-state index < -0.39 is 11.5 Å². The summed E-state index contributed by atoms with van der Waals surface area (Å²) in [5, 5.41) is 12.3. The highest BCUT2D eigenvalue weighted by Crippen LogP contribution is 2.33. The van der Waals surface area contributed by atoms with Gasteiger partial charge in [0.15, 0.2) is 0 Å². The molecule has 1 aliphatic heterocycles. The van der Waals surface area contributed by atoms with Gasteiger partial charge in [0.25, 0.3) is 5.91 Å². The number of aryl methyl sites for hydroxylation is 1. The smallest absolute Gasteiger partial charge is 0.305 e. The van der Waals surface area contributed by atoms with E-state index in [2.05, 4.69) is 5.32 Å². The number of carbonyl (C=O) groups excluding carboxylic acids is 1. The molecule has 1 aromatic carbocycles. The maximum absolute atomic E-state index is 14.0. The van der Waals surface area contributed by atoms with Gasteiger partial charge >= 0.3 is 5.97 Å². The number of ether oxygens (including phenoxy) is 1. The minimum atomic E-state index is -0.991. The van der Waals surface area contributed by atoms with Crippen LogP contribution in [0.2, 0.25) is 0 Å². The third-order valence-electron chi connectivity index (χ3n) is 4.08. The zero-order valence-corrected chi connectivity index (χ0v) is 13.3. The van der Waals surface area contributed by atoms with Gasteiger partial charge in [0.2, 0.25) is 0 Å². The fraction of sp³-hybridized carbons (Fsp3) is 0.375. The predicted octanol–water partition coefficient (Wildman–Crippen LogP) is 2.71. The molecule has 1 fully saturated rings. The average molecular weight is 337 g/mol. The lowest BCUT2D eigenvalue weighted by Crippen LogP contribution is -2.50. The Labute approximate surface area is 136 Å². The lowest BCUT2D eigenvalue weighted by atomic mass is 9.94. The predicted molar refractivity (Wildman–Crippen MR) is 84.4 cm³/mol. The Kier molecular flexibility index (Phi) is 4.08. The van der Waals surface area contributed by atoms with E-state index in [1.54, 1.807) is 19.1 Å². The zero-order chi connectivity index (χ0) is 16.6. The van der Waals surface area contributed by atoms with E-state index >= 15 is 0 Å². The van der Waals surface area contributed by atoms with Crippen molar-refractivity contribution in [1.29, 1.82) is 0 Å². The van der Waals surface area contributed by atoms with Crippen LogP contribution in [0.4, 0.5) is 4.39 Å². The molecule has 0 spiro atoms. The average Bonchev–Trinajstić information content (AvgIpc) is 3.04. The molecule has 0 bridgehead atoms. The Morgan fingerprint density at radius 2 is 2.26 bits per heavy atom. The van der Waals surface area contributed by atoms with Gasteiger partial charge in [-0.3, -0.25) is 9.59 Å². The molecule has 23 heavy (non-hydrogen) atoms. The summed E-state index contributed by atoms with van der Waals surface area (Å²) in [7, 11) is 0. The highest BCUT2D eigenvalue weighted by atomic mass is 32.1. The Morgan fingerprint density at radius 1 is 1.48 bits per heavy atom. The molecule has 122 valence electrons. The fourth-order valence-electron chi connectivity index (χ4n) is 2.95. The topological polar surface area (TPSA) is 75.6 Å². The molecule has 2 heterocycles. The molecular formula is C16H16FNO4S. The lowest BCUT2D eigenvalue weighted by Gasteiger charge is -2.26. The van der Waals surface area contributed by atoms with E-state index in [-0.39, 0.29) is 24.8 Å². The molecule has 2 N–H and O–H groups in total. The van der Waals surface area contributed by atoms with Crippen LogP contribution in [0.3, 0.4) is 0 Å². The van der Waals surface area contributed by atoms with E-state index in [0.29, 0.717) is 33.6 Å². The quantitative estimate of drug-likeness (QED) is 0.899. The zero-order valence-electron chi connectivity index (χ0n) is 12.5. The third-order valence-corrected chi connectivity index (χ3v) is 5.34. The van der Waals surface area contributed by atoms with Crippen LogP contribution in [-0.4, -0.2) is 35.7 Å². The molecule has 0 saturated carbocycles. The molecule has 7 heteroatoms. The number of amides is 1. The second kappa shape index (κ2) is 5.90. The van der Waals surface area contributed by atoms with Gasteiger partial charge in [-0.25, -0.2) is 4.39 Å². The van der Waals surface area contributed by atoms with Crippen LogP contribution >= 0.6 is 11.3 Å². The van der Waals surface area contributed by atoms with Crippen LogP contribution in [0.15, 0.2) is 18.2 Å². The van der Waals surface area contributed by atoms with Gasteiger partial charge in [-0.15, -0.1) is 11.3 Å². The molecule has 1 amide bonds. The summed E-state index contributed by atoms with van der Waals surface area (Å²) in [5.74, 6) is -1.73. The number of fused-ring (bicyclic) bond motifs is 1. The summed E-state index contributed by atoms with van der Waals surface area (Å²) in [6.45, 7) is 2.28. The van der Waals surface area contributed by atoms with Crippen molar-refractivity contribution in [3.8, 4) is 0 Å². The summed E-state index contributed by atoms with van der Waals surface area (Å²) in [4.78, 5) is 24.1. The first-order chi connectivity index (χ1) is 10.9. The molecule has 1 aromatic heterocycles. The fourth-order valence-corrected chi connectivity index (χ4v) is 4.06. The molecule has 1 unspecified atom stereocenters. The van der Waals surface area contributed by atoms with Crippen molar-refractivity contribution in [2.75, 3.05) is 13.2 Å². The second-order valence-corrected chi connectivity index (χ2v) is 6.83. The Balaban J connectivity index is 1.92. The van der Waals surface area contributed by atoms with E-state index in [1.165, 1.54) is 17.4 Å². The maximum atomic E-state index is 14.0. The second-order valence-electron chi connectivity index (χ2n) is 5.78. The van der Waals surface area contributed by atoms with Crippen molar-refractivity contribution in [2.24, 2.45) is 0 Å². The number of hydrogen-bond acceptors (Lipinski definition) is 4. The van der Waals surface area contributed by atoms with E-state index in [0.717, 1.165) is 0 Å². The molecule has 0 radical (unpaired) electrons. The van der Waals surface area contributed by atoms with Crippen LogP contribution in [0.25, 0.3) is 10.1 Å². The molecule has 2 aromatic rings. The van der Waals surface area contributed by atoms with Gasteiger partial charge in [0, 0.05) is 16.7 Å². The van der Waals surface area contributed by atoms with Crippen LogP contribution in [0.5, 0.6) is 0 Å². The SMILES string of the molecule is Cc1c(C(=O)NC2(CC(=O)O)CCOC2)sc2cccc(F)c12. The summed E-state index contributed by atoms with van der Waals surface area (Å²) in [6.07, 6.45) is 0.250. The molecule has 5 nitrogen and oxygen atoms in total. The number of nitrogens with one attached hydrogen (secondary N) is 1. The number of carboxylic acid groups (broad SMARTS) is 1. The first-order valence-corrected chi connectivity index (χ1v) is 8.03. The summed E-state index contributed by atoms with van der Waals surface area (Å²) in [5.41, 5.74) is -0.325. The van der Waals surface area contributed by atoms with Crippen molar-refractivity contribution in [3.05, 3.63) is 34.5 Å². The van der Waals surface area contributed by atoms with Gasteiger partial charge in [-0.05, 0) is 31.0 Å². The number of thiophene rings is 1. The van der Waals surface area contributed by atoms with Gasteiger partial charge in [-0.1, -0.05) is 6.07 Å². The number of rotatable bonds is 4. The third kappa shape index (κ3) is 2.94. The van der Waals surface area contributed by atoms with E-state index in [9.17, 15) is 14.0 Å². The van der Waals surface area contributed by atoms with E-state index in [1.807, 2.05) is 0 Å². The minimum Gasteiger partial charge on any atom is -0.481 e. The minimum absolute atomic E-state index is 0.170. The number of hydrogen-bond donors (Lipinski definition) is 2. The number of carbonyl (C=O) groups is 2. The van der Waals surface area contributed by atoms with Crippen molar-refractivity contribution in [1.82, 2.24) is 5.32 Å². The van der Waals surface area contributed by atoms with Crippen molar-refractivity contribution in [2.45, 2.75) is 25.3 Å². The number of benzene rings is 1. The monoisotopic (exact) mass is 337 g/mol. The summed E-state index contributed by atoms with van der Waals surface area (Å²) >= 11 is 1.21. The van der Waals surface area contributed by atoms with Crippen LogP contribution in [0, 0.1) is 12.7 Å². The Morgan fingerprint density at radius 3 is 2.87 bits per heavy atom. The normalized spacial score (nSPS) is 20.8. The lowest BCUT2D eigenvalue weighted by molar-refractivity contribution is -0.138. The molecule has 0 aliphatic carbocycles. The van der Waals surface area contributed by atoms with Gasteiger partial charge in [-0.2, -0.15) is 0 Å². The summed E-state index contributed by atoms with van der Waals surface area (Å²) < 4.78 is 19.9. The van der Waals surface area contributed by atoms with Crippen molar-refractivity contribution in [3.63, 3.8) is 0 Å². The van der Waals surface area contributed by atoms with Gasteiger partial charge in [0.1, 0.15) is 5.82 Å². The van der Waals surface area contributed by atoms with Crippen molar-refractivity contribution < 1.29 is 23.8 Å². The van der Waals surface area contributed by atoms with Crippen molar-refractivity contribution >= 4 is 33.3 Å². The largest absolute Gasteiger partial charge is 0.481 e. The number of carboxylic acids is 1.